The predicted molar refractivity (Wildman–Crippen MR) is 81.6 cm³/mol. The third kappa shape index (κ3) is 3.95. The molecule has 0 radical (unpaired) electrons. The normalized spacial score (nSPS) is 23.2. The van der Waals surface area contributed by atoms with E-state index in [1.165, 1.54) is 18.7 Å². The van der Waals surface area contributed by atoms with E-state index in [2.05, 4.69) is 10.1 Å². The first-order chi connectivity index (χ1) is 11.8. The van der Waals surface area contributed by atoms with E-state index in [4.69, 9.17) is 4.84 Å². The van der Waals surface area contributed by atoms with Crippen molar-refractivity contribution in [1.82, 2.24) is 15.3 Å². The molecule has 138 valence electrons. The van der Waals surface area contributed by atoms with Crippen LogP contribution in [0.3, 0.4) is 0 Å². The molecular formula is C15H20FN3O6. The van der Waals surface area contributed by atoms with E-state index in [1.807, 2.05) is 0 Å². The summed E-state index contributed by atoms with van der Waals surface area (Å²) >= 11 is 0. The maximum Gasteiger partial charge on any atom is 0.370 e. The summed E-state index contributed by atoms with van der Waals surface area (Å²) in [6.45, 7) is 4.41. The largest absolute Gasteiger partial charge is 0.462 e. The molecule has 0 aromatic rings. The minimum Gasteiger partial charge on any atom is -0.462 e. The zero-order valence-corrected chi connectivity index (χ0v) is 14.2. The van der Waals surface area contributed by atoms with Crippen LogP contribution in [-0.2, 0) is 24.0 Å². The van der Waals surface area contributed by atoms with Gasteiger partial charge in [-0.25, -0.2) is 18.8 Å². The number of carbonyl (C=O) groups is 4. The van der Waals surface area contributed by atoms with Crippen molar-refractivity contribution in [1.29, 1.82) is 0 Å². The molecule has 0 spiro atoms. The van der Waals surface area contributed by atoms with E-state index in [9.17, 15) is 23.6 Å². The molecule has 0 aliphatic carbocycles. The molecule has 0 aromatic heterocycles. The number of ether oxygens (including phenoxy) is 1. The second-order valence-corrected chi connectivity index (χ2v) is 5.73. The standard InChI is InChI=1S/C15H20FN3O6/c1-4-24-14(22)12(16)25-19-10-5-8(2)11(18(7-10)15(19)23)13(21)17-6-9(3)20/h5,10-12H,4,6-7H2,1-3H3,(H,17,21)/t10-,11+,12?/m1/s1. The van der Waals surface area contributed by atoms with Crippen molar-refractivity contribution in [3.05, 3.63) is 11.6 Å². The Morgan fingerprint density at radius 1 is 1.44 bits per heavy atom. The lowest BCUT2D eigenvalue weighted by Crippen LogP contribution is -2.50. The molecule has 0 saturated carbocycles. The Balaban J connectivity index is 2.09. The number of ketones is 1. The lowest BCUT2D eigenvalue weighted by atomic mass is 10.00. The lowest BCUT2D eigenvalue weighted by molar-refractivity contribution is -0.223. The van der Waals surface area contributed by atoms with Crippen molar-refractivity contribution >= 4 is 23.7 Å². The van der Waals surface area contributed by atoms with Gasteiger partial charge in [0.1, 0.15) is 11.8 Å². The average molecular weight is 357 g/mol. The molecule has 1 unspecified atom stereocenters. The molecule has 1 saturated heterocycles. The van der Waals surface area contributed by atoms with Crippen LogP contribution in [0.25, 0.3) is 0 Å². The number of alkyl halides is 1. The number of hydrogen-bond donors (Lipinski definition) is 1. The quantitative estimate of drug-likeness (QED) is 0.505. The molecule has 1 N–H and O–H groups in total. The summed E-state index contributed by atoms with van der Waals surface area (Å²) in [5.41, 5.74) is 0.559. The van der Waals surface area contributed by atoms with Crippen LogP contribution in [0.15, 0.2) is 11.6 Å². The number of urea groups is 1. The number of fused-ring (bicyclic) bond motifs is 2. The number of nitrogens with one attached hydrogen (secondary N) is 1. The maximum atomic E-state index is 13.8. The van der Waals surface area contributed by atoms with Crippen molar-refractivity contribution in [3.8, 4) is 0 Å². The highest BCUT2D eigenvalue weighted by molar-refractivity contribution is 5.93. The summed E-state index contributed by atoms with van der Waals surface area (Å²) in [6.07, 6.45) is -0.847. The summed E-state index contributed by atoms with van der Waals surface area (Å²) in [7, 11) is 0. The maximum absolute atomic E-state index is 13.8. The summed E-state index contributed by atoms with van der Waals surface area (Å²) < 4.78 is 18.3. The molecule has 3 amide bonds. The van der Waals surface area contributed by atoms with E-state index >= 15 is 0 Å². The number of hydrogen-bond acceptors (Lipinski definition) is 6. The van der Waals surface area contributed by atoms with E-state index < -0.39 is 36.3 Å². The van der Waals surface area contributed by atoms with Crippen LogP contribution in [0.2, 0.25) is 0 Å². The smallest absolute Gasteiger partial charge is 0.370 e. The summed E-state index contributed by atoms with van der Waals surface area (Å²) in [6, 6.07) is -2.29. The van der Waals surface area contributed by atoms with E-state index in [0.29, 0.717) is 5.57 Å². The number of amides is 3. The minimum atomic E-state index is -2.44. The number of Topliss-reactive ketones (excluding diaryl/α,β-unsaturated/α-hetero) is 1. The second-order valence-electron chi connectivity index (χ2n) is 5.73. The van der Waals surface area contributed by atoms with Gasteiger partial charge in [-0.1, -0.05) is 6.08 Å². The van der Waals surface area contributed by atoms with Gasteiger partial charge < -0.3 is 15.0 Å². The second kappa shape index (κ2) is 7.60. The van der Waals surface area contributed by atoms with Gasteiger partial charge >= 0.3 is 18.4 Å². The molecule has 0 aromatic carbocycles. The molecule has 2 heterocycles. The van der Waals surface area contributed by atoms with Crippen LogP contribution in [0.1, 0.15) is 20.8 Å². The Bertz CT molecular complexity index is 622. The molecule has 2 rings (SSSR count). The van der Waals surface area contributed by atoms with Crippen LogP contribution in [0, 0.1) is 0 Å². The first-order valence-corrected chi connectivity index (χ1v) is 7.79. The SMILES string of the molecule is CCOC(=O)C(F)ON1C(=O)N2C[C@H]1C=C(C)[C@H]2C(=O)NCC(C)=O. The van der Waals surface area contributed by atoms with Crippen LogP contribution >= 0.6 is 0 Å². The summed E-state index contributed by atoms with van der Waals surface area (Å²) in [5, 5.41) is 3.17. The third-order valence-corrected chi connectivity index (χ3v) is 3.76. The van der Waals surface area contributed by atoms with Crippen molar-refractivity contribution < 1.29 is 33.1 Å². The topological polar surface area (TPSA) is 105 Å². The average Bonchev–Trinajstić information content (AvgIpc) is 2.78. The van der Waals surface area contributed by atoms with Gasteiger partial charge in [-0.3, -0.25) is 9.59 Å². The Kier molecular flexibility index (Phi) is 5.73. The number of halogens is 1. The molecule has 10 heteroatoms. The Hall–Kier alpha value is -2.49. The minimum absolute atomic E-state index is 0.0243. The predicted octanol–water partition coefficient (Wildman–Crippen LogP) is -0.0834. The molecule has 2 aliphatic rings. The monoisotopic (exact) mass is 357 g/mol. The van der Waals surface area contributed by atoms with E-state index in [-0.39, 0.29) is 25.5 Å². The van der Waals surface area contributed by atoms with Crippen LogP contribution in [0.5, 0.6) is 0 Å². The molecule has 25 heavy (non-hydrogen) atoms. The van der Waals surface area contributed by atoms with Gasteiger partial charge in [0.05, 0.1) is 25.7 Å². The first-order valence-electron chi connectivity index (χ1n) is 7.79. The highest BCUT2D eigenvalue weighted by atomic mass is 19.1. The highest BCUT2D eigenvalue weighted by Crippen LogP contribution is 2.30. The molecule has 2 bridgehead atoms. The van der Waals surface area contributed by atoms with Crippen LogP contribution < -0.4 is 5.32 Å². The third-order valence-electron chi connectivity index (χ3n) is 3.76. The summed E-state index contributed by atoms with van der Waals surface area (Å²) in [5.74, 6) is -1.97. The molecule has 1 fully saturated rings. The summed E-state index contributed by atoms with van der Waals surface area (Å²) in [4.78, 5) is 53.0. The number of esters is 1. The van der Waals surface area contributed by atoms with Crippen LogP contribution in [-0.4, -0.2) is 71.8 Å². The number of rotatable bonds is 7. The molecule has 9 nitrogen and oxygen atoms in total. The van der Waals surface area contributed by atoms with Gasteiger partial charge in [0.25, 0.3) is 0 Å². The van der Waals surface area contributed by atoms with E-state index in [0.717, 1.165) is 5.06 Å². The first kappa shape index (κ1) is 18.8. The van der Waals surface area contributed by atoms with Crippen molar-refractivity contribution in [2.75, 3.05) is 19.7 Å². The Morgan fingerprint density at radius 2 is 2.12 bits per heavy atom. The number of carbonyl (C=O) groups excluding carboxylic acids is 4. The van der Waals surface area contributed by atoms with Crippen molar-refractivity contribution in [2.45, 2.75) is 39.2 Å². The zero-order valence-electron chi connectivity index (χ0n) is 14.2. The fourth-order valence-corrected chi connectivity index (χ4v) is 2.73. The fraction of sp³-hybridized carbons (Fsp3) is 0.600. The molecular weight excluding hydrogens is 337 g/mol. The van der Waals surface area contributed by atoms with Gasteiger partial charge in [0, 0.05) is 0 Å². The zero-order chi connectivity index (χ0) is 18.7. The van der Waals surface area contributed by atoms with Gasteiger partial charge in [-0.2, -0.15) is 5.06 Å². The van der Waals surface area contributed by atoms with Crippen molar-refractivity contribution in [3.63, 3.8) is 0 Å². The molecule has 3 atom stereocenters. The van der Waals surface area contributed by atoms with E-state index in [1.54, 1.807) is 13.0 Å². The van der Waals surface area contributed by atoms with Gasteiger partial charge in [-0.15, -0.1) is 0 Å². The number of hydroxylamine groups is 2. The van der Waals surface area contributed by atoms with Gasteiger partial charge in [-0.05, 0) is 26.3 Å². The van der Waals surface area contributed by atoms with Gasteiger partial charge in [0.15, 0.2) is 0 Å². The van der Waals surface area contributed by atoms with Crippen LogP contribution in [0.4, 0.5) is 9.18 Å². The molecule has 2 aliphatic heterocycles. The lowest BCUT2D eigenvalue weighted by Gasteiger charge is -2.28. The number of nitrogens with zero attached hydrogens (tertiary/aromatic N) is 2. The Labute approximate surface area is 143 Å². The highest BCUT2D eigenvalue weighted by Gasteiger charge is 2.48. The fourth-order valence-electron chi connectivity index (χ4n) is 2.73. The Morgan fingerprint density at radius 3 is 2.72 bits per heavy atom. The van der Waals surface area contributed by atoms with Gasteiger partial charge in [0.2, 0.25) is 5.91 Å². The van der Waals surface area contributed by atoms with Crippen molar-refractivity contribution in [2.24, 2.45) is 0 Å².